The van der Waals surface area contributed by atoms with Crippen molar-refractivity contribution < 1.29 is 14.3 Å². The second kappa shape index (κ2) is 8.24. The van der Waals surface area contributed by atoms with E-state index in [2.05, 4.69) is 20.6 Å². The number of piperidine rings is 1. The molecule has 2 atom stereocenters. The largest absolute Gasteiger partial charge is 0.379 e. The van der Waals surface area contributed by atoms with Crippen LogP contribution in [-0.4, -0.2) is 65.1 Å². The van der Waals surface area contributed by atoms with Gasteiger partial charge in [-0.25, -0.2) is 9.97 Å². The number of hydrogen-bond donors (Lipinski definition) is 2. The first kappa shape index (κ1) is 17.6. The maximum absolute atomic E-state index is 12.4. The normalized spacial score (nSPS) is 24.0. The standard InChI is InChI=1S/C17H25N5O3/c1-12-18-7-5-15(19-12)20-14-11-25-9-6-13(14)21-16(23)10-22-8-3-2-4-17(22)24/h5,7,13-14H,2-4,6,8-11H2,1H3,(H,21,23)(H,18,19,20)/t13-,14+/m0/s1. The molecule has 8 heteroatoms. The predicted molar refractivity (Wildman–Crippen MR) is 92.0 cm³/mol. The Morgan fingerprint density at radius 2 is 2.28 bits per heavy atom. The Kier molecular flexibility index (Phi) is 5.80. The van der Waals surface area contributed by atoms with Crippen molar-refractivity contribution in [2.75, 3.05) is 31.6 Å². The SMILES string of the molecule is Cc1nccc(N[C@@H]2COCC[C@@H]2NC(=O)CN2CCCCC2=O)n1. The number of aryl methyl sites for hydroxylation is 1. The van der Waals surface area contributed by atoms with Crippen molar-refractivity contribution in [3.05, 3.63) is 18.1 Å². The van der Waals surface area contributed by atoms with Crippen molar-refractivity contribution >= 4 is 17.6 Å². The number of carbonyl (C=O) groups is 2. The molecule has 3 rings (SSSR count). The van der Waals surface area contributed by atoms with E-state index in [9.17, 15) is 9.59 Å². The van der Waals surface area contributed by atoms with Crippen LogP contribution in [0.4, 0.5) is 5.82 Å². The Hall–Kier alpha value is -2.22. The van der Waals surface area contributed by atoms with Crippen molar-refractivity contribution in [3.8, 4) is 0 Å². The molecule has 2 aliphatic heterocycles. The van der Waals surface area contributed by atoms with Gasteiger partial charge in [-0.15, -0.1) is 0 Å². The van der Waals surface area contributed by atoms with E-state index in [1.807, 2.05) is 6.92 Å². The minimum atomic E-state index is -0.118. The fourth-order valence-corrected chi connectivity index (χ4v) is 3.23. The van der Waals surface area contributed by atoms with Gasteiger partial charge in [0.2, 0.25) is 11.8 Å². The molecular weight excluding hydrogens is 322 g/mol. The number of amides is 2. The van der Waals surface area contributed by atoms with Crippen LogP contribution >= 0.6 is 0 Å². The van der Waals surface area contributed by atoms with Crippen LogP contribution in [0.25, 0.3) is 0 Å². The number of anilines is 1. The number of ether oxygens (including phenoxy) is 1. The van der Waals surface area contributed by atoms with E-state index in [0.717, 1.165) is 19.3 Å². The summed E-state index contributed by atoms with van der Waals surface area (Å²) in [5.74, 6) is 1.35. The molecule has 0 radical (unpaired) electrons. The molecule has 136 valence electrons. The van der Waals surface area contributed by atoms with Crippen LogP contribution in [0.15, 0.2) is 12.3 Å². The lowest BCUT2D eigenvalue weighted by Gasteiger charge is -2.34. The molecule has 25 heavy (non-hydrogen) atoms. The first-order valence-electron chi connectivity index (χ1n) is 8.83. The van der Waals surface area contributed by atoms with Crippen LogP contribution in [0.1, 0.15) is 31.5 Å². The van der Waals surface area contributed by atoms with Gasteiger partial charge < -0.3 is 20.3 Å². The Bertz CT molecular complexity index is 624. The highest BCUT2D eigenvalue weighted by molar-refractivity contribution is 5.85. The molecule has 1 aromatic heterocycles. The highest BCUT2D eigenvalue weighted by Gasteiger charge is 2.29. The van der Waals surface area contributed by atoms with Gasteiger partial charge in [0.25, 0.3) is 0 Å². The van der Waals surface area contributed by atoms with E-state index in [1.54, 1.807) is 17.2 Å². The third kappa shape index (κ3) is 4.88. The monoisotopic (exact) mass is 347 g/mol. The second-order valence-electron chi connectivity index (χ2n) is 6.55. The molecule has 2 aliphatic rings. The number of nitrogens with zero attached hydrogens (tertiary/aromatic N) is 3. The summed E-state index contributed by atoms with van der Waals surface area (Å²) in [7, 11) is 0. The van der Waals surface area contributed by atoms with Gasteiger partial charge in [0.1, 0.15) is 11.6 Å². The molecule has 2 fully saturated rings. The van der Waals surface area contributed by atoms with Crippen molar-refractivity contribution in [2.24, 2.45) is 0 Å². The summed E-state index contributed by atoms with van der Waals surface area (Å²) in [6.07, 6.45) is 4.85. The first-order chi connectivity index (χ1) is 12.1. The summed E-state index contributed by atoms with van der Waals surface area (Å²) in [5.41, 5.74) is 0. The number of rotatable bonds is 5. The molecule has 0 aromatic carbocycles. The highest BCUT2D eigenvalue weighted by Crippen LogP contribution is 2.14. The number of nitrogens with one attached hydrogen (secondary N) is 2. The van der Waals surface area contributed by atoms with E-state index >= 15 is 0 Å². The zero-order valence-electron chi connectivity index (χ0n) is 14.5. The van der Waals surface area contributed by atoms with Crippen LogP contribution in [0.5, 0.6) is 0 Å². The van der Waals surface area contributed by atoms with Gasteiger partial charge in [-0.2, -0.15) is 0 Å². The molecule has 2 N–H and O–H groups in total. The van der Waals surface area contributed by atoms with Gasteiger partial charge >= 0.3 is 0 Å². The Balaban J connectivity index is 1.56. The maximum Gasteiger partial charge on any atom is 0.239 e. The number of likely N-dealkylation sites (tertiary alicyclic amines) is 1. The fraction of sp³-hybridized carbons (Fsp3) is 0.647. The topological polar surface area (TPSA) is 96.5 Å². The number of carbonyl (C=O) groups excluding carboxylic acids is 2. The summed E-state index contributed by atoms with van der Waals surface area (Å²) < 4.78 is 5.54. The third-order valence-corrected chi connectivity index (χ3v) is 4.57. The molecule has 2 saturated heterocycles. The smallest absolute Gasteiger partial charge is 0.239 e. The quantitative estimate of drug-likeness (QED) is 0.804. The molecule has 2 amide bonds. The fourth-order valence-electron chi connectivity index (χ4n) is 3.23. The van der Waals surface area contributed by atoms with E-state index in [1.165, 1.54) is 0 Å². The van der Waals surface area contributed by atoms with E-state index < -0.39 is 0 Å². The summed E-state index contributed by atoms with van der Waals surface area (Å²) >= 11 is 0. The number of aromatic nitrogens is 2. The first-order valence-corrected chi connectivity index (χ1v) is 8.83. The summed E-state index contributed by atoms with van der Waals surface area (Å²) in [6.45, 7) is 3.74. The average molecular weight is 347 g/mol. The lowest BCUT2D eigenvalue weighted by atomic mass is 10.0. The Morgan fingerprint density at radius 3 is 3.08 bits per heavy atom. The zero-order valence-corrected chi connectivity index (χ0v) is 14.5. The van der Waals surface area contributed by atoms with Gasteiger partial charge in [0, 0.05) is 25.8 Å². The lowest BCUT2D eigenvalue weighted by Crippen LogP contribution is -2.54. The molecule has 0 bridgehead atoms. The Morgan fingerprint density at radius 1 is 1.40 bits per heavy atom. The zero-order chi connectivity index (χ0) is 17.6. The van der Waals surface area contributed by atoms with E-state index in [4.69, 9.17) is 4.74 Å². The molecule has 3 heterocycles. The predicted octanol–water partition coefficient (Wildman–Crippen LogP) is 0.483. The molecule has 0 saturated carbocycles. The maximum atomic E-state index is 12.4. The highest BCUT2D eigenvalue weighted by atomic mass is 16.5. The summed E-state index contributed by atoms with van der Waals surface area (Å²) in [5, 5.41) is 6.37. The van der Waals surface area contributed by atoms with Gasteiger partial charge in [-0.3, -0.25) is 9.59 Å². The Labute approximate surface area is 147 Å². The number of hydrogen-bond acceptors (Lipinski definition) is 6. The van der Waals surface area contributed by atoms with Crippen molar-refractivity contribution in [2.45, 2.75) is 44.7 Å². The van der Waals surface area contributed by atoms with Crippen LogP contribution in [0.3, 0.4) is 0 Å². The van der Waals surface area contributed by atoms with Crippen molar-refractivity contribution in [1.29, 1.82) is 0 Å². The molecule has 0 spiro atoms. The van der Waals surface area contributed by atoms with E-state index in [0.29, 0.717) is 37.8 Å². The van der Waals surface area contributed by atoms with Crippen LogP contribution in [-0.2, 0) is 14.3 Å². The van der Waals surface area contributed by atoms with Gasteiger partial charge in [-0.1, -0.05) is 0 Å². The third-order valence-electron chi connectivity index (χ3n) is 4.57. The lowest BCUT2D eigenvalue weighted by molar-refractivity contribution is -0.138. The van der Waals surface area contributed by atoms with Crippen LogP contribution in [0.2, 0.25) is 0 Å². The average Bonchev–Trinajstić information content (AvgIpc) is 2.59. The summed E-state index contributed by atoms with van der Waals surface area (Å²) in [6, 6.07) is 1.67. The molecule has 0 aliphatic carbocycles. The summed E-state index contributed by atoms with van der Waals surface area (Å²) in [4.78, 5) is 34.3. The van der Waals surface area contributed by atoms with Crippen molar-refractivity contribution in [3.63, 3.8) is 0 Å². The van der Waals surface area contributed by atoms with Crippen molar-refractivity contribution in [1.82, 2.24) is 20.2 Å². The molecular formula is C17H25N5O3. The minimum Gasteiger partial charge on any atom is -0.379 e. The second-order valence-corrected chi connectivity index (χ2v) is 6.55. The van der Waals surface area contributed by atoms with E-state index in [-0.39, 0.29) is 30.4 Å². The van der Waals surface area contributed by atoms with Crippen LogP contribution in [0, 0.1) is 6.92 Å². The van der Waals surface area contributed by atoms with Crippen LogP contribution < -0.4 is 10.6 Å². The van der Waals surface area contributed by atoms with Gasteiger partial charge in [0.05, 0.1) is 25.2 Å². The van der Waals surface area contributed by atoms with Gasteiger partial charge in [-0.05, 0) is 32.3 Å². The van der Waals surface area contributed by atoms with Gasteiger partial charge in [0.15, 0.2) is 0 Å². The molecule has 0 unspecified atom stereocenters. The molecule has 8 nitrogen and oxygen atoms in total. The minimum absolute atomic E-state index is 0.0589. The molecule has 1 aromatic rings.